The average Bonchev–Trinajstić information content (AvgIpc) is 2.35. The first-order chi connectivity index (χ1) is 10.4. The lowest BCUT2D eigenvalue weighted by Crippen LogP contribution is -2.46. The molecule has 5 nitrogen and oxygen atoms in total. The summed E-state index contributed by atoms with van der Waals surface area (Å²) in [6.45, 7) is 8.64. The minimum atomic E-state index is -1.24. The number of rotatable bonds is 4. The van der Waals surface area contributed by atoms with Gasteiger partial charge in [-0.25, -0.2) is 9.59 Å². The average molecular weight is 407 g/mol. The monoisotopic (exact) mass is 405 g/mol. The number of hydrogen-bond acceptors (Lipinski definition) is 3. The zero-order chi connectivity index (χ0) is 17.9. The summed E-state index contributed by atoms with van der Waals surface area (Å²) >= 11 is 9.46. The molecule has 128 valence electrons. The fourth-order valence-corrected chi connectivity index (χ4v) is 2.65. The Balaban J connectivity index is 3.36. The third kappa shape index (κ3) is 5.39. The zero-order valence-corrected chi connectivity index (χ0v) is 16.1. The van der Waals surface area contributed by atoms with Crippen molar-refractivity contribution in [3.63, 3.8) is 0 Å². The number of aliphatic carboxylic acids is 1. The largest absolute Gasteiger partial charge is 0.479 e. The third-order valence-corrected chi connectivity index (χ3v) is 3.76. The minimum Gasteiger partial charge on any atom is -0.479 e. The number of hydrogen-bond donors (Lipinski definition) is 1. The summed E-state index contributed by atoms with van der Waals surface area (Å²) < 4.78 is 6.03. The van der Waals surface area contributed by atoms with E-state index in [-0.39, 0.29) is 11.1 Å². The predicted octanol–water partition coefficient (Wildman–Crippen LogP) is 4.87. The number of nitrogens with zero attached hydrogens (tertiary/aromatic N) is 1. The van der Waals surface area contributed by atoms with Gasteiger partial charge in [0, 0.05) is 21.1 Å². The van der Waals surface area contributed by atoms with E-state index in [4.69, 9.17) is 16.3 Å². The van der Waals surface area contributed by atoms with E-state index in [0.717, 1.165) is 0 Å². The maximum atomic E-state index is 12.5. The van der Waals surface area contributed by atoms with E-state index >= 15 is 0 Å². The molecule has 1 N–H and O–H groups in total. The molecular weight excluding hydrogens is 386 g/mol. The molecule has 0 bridgehead atoms. The van der Waals surface area contributed by atoms with Gasteiger partial charge in [-0.1, -0.05) is 27.5 Å². The molecule has 0 fully saturated rings. The van der Waals surface area contributed by atoms with Crippen LogP contribution in [0.1, 0.15) is 46.2 Å². The van der Waals surface area contributed by atoms with Gasteiger partial charge in [0.1, 0.15) is 5.60 Å². The van der Waals surface area contributed by atoms with Crippen LogP contribution in [0.2, 0.25) is 5.02 Å². The number of ether oxygens (including phenoxy) is 1. The molecule has 7 heteroatoms. The molecule has 0 aliphatic rings. The molecule has 0 aliphatic heterocycles. The van der Waals surface area contributed by atoms with Gasteiger partial charge in [-0.3, -0.25) is 4.90 Å². The second kappa shape index (κ2) is 7.53. The van der Waals surface area contributed by atoms with Crippen molar-refractivity contribution in [3.05, 3.63) is 33.3 Å². The van der Waals surface area contributed by atoms with Gasteiger partial charge in [-0.05, 0) is 52.8 Å². The smallest absolute Gasteiger partial charge is 0.411 e. The Bertz CT molecular complexity index is 598. The number of benzene rings is 1. The Kier molecular flexibility index (Phi) is 6.48. The summed E-state index contributed by atoms with van der Waals surface area (Å²) in [5.41, 5.74) is -0.401. The van der Waals surface area contributed by atoms with Crippen LogP contribution in [-0.4, -0.2) is 33.7 Å². The Morgan fingerprint density at radius 1 is 1.30 bits per heavy atom. The van der Waals surface area contributed by atoms with Crippen molar-refractivity contribution in [2.45, 2.75) is 52.3 Å². The van der Waals surface area contributed by atoms with Crippen molar-refractivity contribution in [3.8, 4) is 0 Å². The first-order valence-corrected chi connectivity index (χ1v) is 8.30. The molecule has 1 unspecified atom stereocenters. The number of carboxylic acid groups (broad SMARTS) is 1. The fourth-order valence-electron chi connectivity index (χ4n) is 2.06. The molecule has 23 heavy (non-hydrogen) atoms. The Hall–Kier alpha value is -1.27. The third-order valence-electron chi connectivity index (χ3n) is 2.93. The van der Waals surface area contributed by atoms with Gasteiger partial charge in [0.25, 0.3) is 0 Å². The first kappa shape index (κ1) is 19.8. The molecule has 0 radical (unpaired) electrons. The van der Waals surface area contributed by atoms with Gasteiger partial charge in [0.15, 0.2) is 6.04 Å². The number of halogens is 2. The van der Waals surface area contributed by atoms with E-state index in [1.54, 1.807) is 52.8 Å². The van der Waals surface area contributed by atoms with Crippen LogP contribution in [0.4, 0.5) is 4.79 Å². The molecule has 1 atom stereocenters. The standard InChI is InChI=1S/C16H21BrClNO4/c1-9(2)19(15(22)23-16(3,4)5)13(14(20)21)11-8-10(17)6-7-12(11)18/h6-9,13H,1-5H3,(H,20,21). The van der Waals surface area contributed by atoms with E-state index in [1.807, 2.05) is 0 Å². The van der Waals surface area contributed by atoms with Crippen molar-refractivity contribution in [1.29, 1.82) is 0 Å². The summed E-state index contributed by atoms with van der Waals surface area (Å²) in [4.78, 5) is 25.5. The van der Waals surface area contributed by atoms with Crippen LogP contribution >= 0.6 is 27.5 Å². The highest BCUT2D eigenvalue weighted by atomic mass is 79.9. The Morgan fingerprint density at radius 2 is 1.87 bits per heavy atom. The SMILES string of the molecule is CC(C)N(C(=O)OC(C)(C)C)C(C(=O)O)c1cc(Br)ccc1Cl. The minimum absolute atomic E-state index is 0.273. The second-order valence-corrected chi connectivity index (χ2v) is 7.71. The van der Waals surface area contributed by atoms with Gasteiger partial charge >= 0.3 is 12.1 Å². The van der Waals surface area contributed by atoms with Gasteiger partial charge in [0.2, 0.25) is 0 Å². The lowest BCUT2D eigenvalue weighted by molar-refractivity contribution is -0.144. The molecule has 0 heterocycles. The van der Waals surface area contributed by atoms with Crippen LogP contribution in [0.25, 0.3) is 0 Å². The molecule has 0 aromatic heterocycles. The summed E-state index contributed by atoms with van der Waals surface area (Å²) in [7, 11) is 0. The predicted molar refractivity (Wildman–Crippen MR) is 92.7 cm³/mol. The molecule has 1 amide bonds. The molecular formula is C16H21BrClNO4. The Morgan fingerprint density at radius 3 is 2.30 bits per heavy atom. The molecule has 1 aromatic carbocycles. The van der Waals surface area contributed by atoms with Crippen molar-refractivity contribution >= 4 is 39.6 Å². The molecule has 0 saturated heterocycles. The molecule has 0 saturated carbocycles. The van der Waals surface area contributed by atoms with Crippen molar-refractivity contribution in [2.24, 2.45) is 0 Å². The van der Waals surface area contributed by atoms with E-state index in [9.17, 15) is 14.7 Å². The van der Waals surface area contributed by atoms with E-state index in [0.29, 0.717) is 10.0 Å². The topological polar surface area (TPSA) is 66.8 Å². The lowest BCUT2D eigenvalue weighted by atomic mass is 10.0. The fraction of sp³-hybridized carbons (Fsp3) is 0.500. The zero-order valence-electron chi connectivity index (χ0n) is 13.8. The lowest BCUT2D eigenvalue weighted by Gasteiger charge is -2.34. The van der Waals surface area contributed by atoms with Crippen LogP contribution in [0.5, 0.6) is 0 Å². The molecule has 1 aromatic rings. The van der Waals surface area contributed by atoms with Gasteiger partial charge in [-0.15, -0.1) is 0 Å². The quantitative estimate of drug-likeness (QED) is 0.774. The van der Waals surface area contributed by atoms with Gasteiger partial charge in [-0.2, -0.15) is 0 Å². The van der Waals surface area contributed by atoms with E-state index < -0.39 is 23.7 Å². The van der Waals surface area contributed by atoms with Gasteiger partial charge < -0.3 is 9.84 Å². The number of amides is 1. The normalized spacial score (nSPS) is 12.9. The highest BCUT2D eigenvalue weighted by Gasteiger charge is 2.37. The maximum Gasteiger partial charge on any atom is 0.411 e. The van der Waals surface area contributed by atoms with Crippen LogP contribution in [0, 0.1) is 0 Å². The highest BCUT2D eigenvalue weighted by Crippen LogP contribution is 2.32. The first-order valence-electron chi connectivity index (χ1n) is 7.13. The summed E-state index contributed by atoms with van der Waals surface area (Å²) in [6, 6.07) is 3.26. The summed E-state index contributed by atoms with van der Waals surface area (Å²) in [5.74, 6) is -1.18. The number of carboxylic acids is 1. The summed E-state index contributed by atoms with van der Waals surface area (Å²) in [5, 5.41) is 9.96. The van der Waals surface area contributed by atoms with Crippen LogP contribution < -0.4 is 0 Å². The van der Waals surface area contributed by atoms with Crippen LogP contribution in [-0.2, 0) is 9.53 Å². The number of carbonyl (C=O) groups excluding carboxylic acids is 1. The molecule has 1 rings (SSSR count). The summed E-state index contributed by atoms with van der Waals surface area (Å²) in [6.07, 6.45) is -0.698. The highest BCUT2D eigenvalue weighted by molar-refractivity contribution is 9.10. The van der Waals surface area contributed by atoms with E-state index in [2.05, 4.69) is 15.9 Å². The van der Waals surface area contributed by atoms with Crippen LogP contribution in [0.15, 0.2) is 22.7 Å². The van der Waals surface area contributed by atoms with Crippen LogP contribution in [0.3, 0.4) is 0 Å². The van der Waals surface area contributed by atoms with E-state index in [1.165, 1.54) is 4.90 Å². The number of carbonyl (C=O) groups is 2. The maximum absolute atomic E-state index is 12.5. The molecule has 0 aliphatic carbocycles. The Labute approximate surface area is 149 Å². The van der Waals surface area contributed by atoms with Crippen molar-refractivity contribution in [1.82, 2.24) is 4.90 Å². The molecule has 0 spiro atoms. The van der Waals surface area contributed by atoms with Gasteiger partial charge in [0.05, 0.1) is 0 Å². The second-order valence-electron chi connectivity index (χ2n) is 6.39. The van der Waals surface area contributed by atoms with Crippen molar-refractivity contribution in [2.75, 3.05) is 0 Å². The van der Waals surface area contributed by atoms with Crippen molar-refractivity contribution < 1.29 is 19.4 Å².